The van der Waals surface area contributed by atoms with Crippen LogP contribution in [0.1, 0.15) is 89.2 Å². The second kappa shape index (κ2) is 22.0. The van der Waals surface area contributed by atoms with Crippen LogP contribution in [-0.4, -0.2) is 61.1 Å². The summed E-state index contributed by atoms with van der Waals surface area (Å²) in [5, 5.41) is 0. The van der Waals surface area contributed by atoms with E-state index in [4.69, 9.17) is 9.47 Å². The molecule has 0 spiro atoms. The van der Waals surface area contributed by atoms with E-state index >= 15 is 0 Å². The summed E-state index contributed by atoms with van der Waals surface area (Å²) in [6, 6.07) is 20.7. The third kappa shape index (κ3) is 16.4. The zero-order valence-electron chi connectivity index (χ0n) is 25.0. The number of hydrogen-bond acceptors (Lipinski definition) is 6. The van der Waals surface area contributed by atoms with Crippen LogP contribution in [0.4, 0.5) is 0 Å². The van der Waals surface area contributed by atoms with Crippen molar-refractivity contribution < 1.29 is 19.1 Å². The van der Waals surface area contributed by atoms with Crippen LogP contribution in [0, 0.1) is 0 Å². The van der Waals surface area contributed by atoms with E-state index in [9.17, 15) is 9.59 Å². The van der Waals surface area contributed by atoms with Gasteiger partial charge in [-0.15, -0.1) is 0 Å². The van der Waals surface area contributed by atoms with Gasteiger partial charge in [0.1, 0.15) is 0 Å². The Hall–Kier alpha value is -2.70. The number of unbranched alkanes of at least 4 members (excludes halogenated alkanes) is 6. The lowest BCUT2D eigenvalue weighted by Gasteiger charge is -2.28. The third-order valence-electron chi connectivity index (χ3n) is 7.02. The van der Waals surface area contributed by atoms with E-state index in [1.54, 1.807) is 0 Å². The van der Waals surface area contributed by atoms with E-state index in [2.05, 4.69) is 47.9 Å². The molecule has 40 heavy (non-hydrogen) atoms. The molecule has 0 aliphatic carbocycles. The maximum absolute atomic E-state index is 12.4. The van der Waals surface area contributed by atoms with Crippen molar-refractivity contribution in [2.24, 2.45) is 0 Å². The first-order valence-corrected chi connectivity index (χ1v) is 15.4. The zero-order chi connectivity index (χ0) is 28.7. The van der Waals surface area contributed by atoms with E-state index in [1.165, 1.54) is 36.8 Å². The van der Waals surface area contributed by atoms with E-state index in [-0.39, 0.29) is 11.9 Å². The Labute approximate surface area is 243 Å². The number of esters is 2. The van der Waals surface area contributed by atoms with Gasteiger partial charge in [0.15, 0.2) is 0 Å². The van der Waals surface area contributed by atoms with Crippen LogP contribution in [0.3, 0.4) is 0 Å². The first-order chi connectivity index (χ1) is 19.6. The first-order valence-electron chi connectivity index (χ1n) is 15.4. The van der Waals surface area contributed by atoms with Gasteiger partial charge in [0.25, 0.3) is 0 Å². The van der Waals surface area contributed by atoms with Gasteiger partial charge < -0.3 is 9.47 Å². The van der Waals surface area contributed by atoms with Crippen LogP contribution in [0.25, 0.3) is 0 Å². The molecule has 0 bridgehead atoms. The average molecular weight is 553 g/mol. The summed E-state index contributed by atoms with van der Waals surface area (Å²) >= 11 is 0. The number of benzene rings is 2. The summed E-state index contributed by atoms with van der Waals surface area (Å²) in [6.07, 6.45) is 9.53. The van der Waals surface area contributed by atoms with E-state index < -0.39 is 0 Å². The summed E-state index contributed by atoms with van der Waals surface area (Å²) in [4.78, 5) is 29.5. The van der Waals surface area contributed by atoms with E-state index in [0.717, 1.165) is 51.9 Å². The summed E-state index contributed by atoms with van der Waals surface area (Å²) in [5.74, 6) is -0.255. The van der Waals surface area contributed by atoms with Crippen molar-refractivity contribution in [2.75, 3.05) is 39.4 Å². The second-order valence-electron chi connectivity index (χ2n) is 10.6. The lowest BCUT2D eigenvalue weighted by molar-refractivity contribution is -0.145. The molecule has 222 valence electrons. The van der Waals surface area contributed by atoms with Crippen LogP contribution >= 0.6 is 0 Å². The molecule has 0 aromatic heterocycles. The van der Waals surface area contributed by atoms with Crippen molar-refractivity contribution in [2.45, 2.75) is 91.1 Å². The molecule has 0 amide bonds. The van der Waals surface area contributed by atoms with Crippen LogP contribution in [-0.2, 0) is 32.2 Å². The number of rotatable bonds is 23. The van der Waals surface area contributed by atoms with Crippen molar-refractivity contribution in [3.63, 3.8) is 0 Å². The minimum Gasteiger partial charge on any atom is -0.466 e. The lowest BCUT2D eigenvalue weighted by Crippen LogP contribution is -2.37. The molecule has 0 N–H and O–H groups in total. The number of nitrogens with zero attached hydrogens (tertiary/aromatic N) is 2. The monoisotopic (exact) mass is 552 g/mol. The molecule has 6 heteroatoms. The molecular weight excluding hydrogens is 500 g/mol. The molecule has 0 aliphatic heterocycles. The fraction of sp³-hybridized carbons (Fsp3) is 0.588. The van der Waals surface area contributed by atoms with Crippen molar-refractivity contribution in [3.05, 3.63) is 71.8 Å². The molecule has 0 radical (unpaired) electrons. The zero-order valence-corrected chi connectivity index (χ0v) is 25.0. The van der Waals surface area contributed by atoms with Crippen LogP contribution < -0.4 is 0 Å². The Morgan fingerprint density at radius 1 is 0.550 bits per heavy atom. The Morgan fingerprint density at radius 2 is 0.950 bits per heavy atom. The maximum atomic E-state index is 12.4. The predicted molar refractivity (Wildman–Crippen MR) is 163 cm³/mol. The predicted octanol–water partition coefficient (Wildman–Crippen LogP) is 7.02. The maximum Gasteiger partial charge on any atom is 0.307 e. The SMILES string of the molecule is CCCCCCOC(=O)CCN(CCN(CCC(=O)OCCCCCC)Cc1ccccc1)Cc1ccccc1. The molecule has 0 fully saturated rings. The number of hydrogen-bond donors (Lipinski definition) is 0. The summed E-state index contributed by atoms with van der Waals surface area (Å²) < 4.78 is 11.0. The average Bonchev–Trinajstić information content (AvgIpc) is 2.97. The van der Waals surface area contributed by atoms with Crippen molar-refractivity contribution in [3.8, 4) is 0 Å². The third-order valence-corrected chi connectivity index (χ3v) is 7.02. The summed E-state index contributed by atoms with van der Waals surface area (Å²) in [6.45, 7) is 9.77. The number of ether oxygens (including phenoxy) is 2. The highest BCUT2D eigenvalue weighted by molar-refractivity contribution is 5.69. The second-order valence-corrected chi connectivity index (χ2v) is 10.6. The largest absolute Gasteiger partial charge is 0.466 e. The topological polar surface area (TPSA) is 59.1 Å². The van der Waals surface area contributed by atoms with Crippen molar-refractivity contribution in [1.29, 1.82) is 0 Å². The van der Waals surface area contributed by atoms with Crippen molar-refractivity contribution >= 4 is 11.9 Å². The minimum atomic E-state index is -0.127. The van der Waals surface area contributed by atoms with Gasteiger partial charge in [0.2, 0.25) is 0 Å². The Bertz CT molecular complexity index is 831. The van der Waals surface area contributed by atoms with E-state index in [1.807, 2.05) is 36.4 Å². The Kier molecular flexibility index (Phi) is 18.5. The molecule has 0 saturated heterocycles. The molecule has 2 aromatic rings. The van der Waals surface area contributed by atoms with E-state index in [0.29, 0.717) is 39.1 Å². The molecule has 2 aromatic carbocycles. The molecule has 0 heterocycles. The molecule has 6 nitrogen and oxygen atoms in total. The first kappa shape index (κ1) is 33.5. The Morgan fingerprint density at radius 3 is 1.32 bits per heavy atom. The molecule has 0 saturated carbocycles. The van der Waals surface area contributed by atoms with Gasteiger partial charge in [-0.1, -0.05) is 113 Å². The molecule has 2 rings (SSSR count). The summed E-state index contributed by atoms with van der Waals surface area (Å²) in [5.41, 5.74) is 2.44. The van der Waals surface area contributed by atoms with Crippen LogP contribution in [0.5, 0.6) is 0 Å². The normalized spacial score (nSPS) is 11.2. The standard InChI is InChI=1S/C34H52N2O4/c1-3-5-7-15-27-39-33(37)21-23-35(29-31-17-11-9-12-18-31)25-26-36(30-32-19-13-10-14-20-32)24-22-34(38)40-28-16-8-6-4-2/h9-14,17-20H,3-8,15-16,21-30H2,1-2H3. The highest BCUT2D eigenvalue weighted by Crippen LogP contribution is 2.10. The minimum absolute atomic E-state index is 0.127. The highest BCUT2D eigenvalue weighted by Gasteiger charge is 2.15. The van der Waals surface area contributed by atoms with Crippen LogP contribution in [0.15, 0.2) is 60.7 Å². The Balaban J connectivity index is 1.92. The lowest BCUT2D eigenvalue weighted by atomic mass is 10.2. The van der Waals surface area contributed by atoms with Gasteiger partial charge in [-0.3, -0.25) is 19.4 Å². The molecule has 0 unspecified atom stereocenters. The van der Waals surface area contributed by atoms with Gasteiger partial charge in [-0.05, 0) is 24.0 Å². The van der Waals surface area contributed by atoms with Gasteiger partial charge in [-0.2, -0.15) is 0 Å². The molecule has 0 atom stereocenters. The molecular formula is C34H52N2O4. The number of carbonyl (C=O) groups is 2. The van der Waals surface area contributed by atoms with Gasteiger partial charge in [0, 0.05) is 39.3 Å². The van der Waals surface area contributed by atoms with Gasteiger partial charge in [-0.25, -0.2) is 0 Å². The molecule has 0 aliphatic rings. The fourth-order valence-electron chi connectivity index (χ4n) is 4.58. The quantitative estimate of drug-likeness (QED) is 0.109. The van der Waals surface area contributed by atoms with Gasteiger partial charge in [0.05, 0.1) is 26.1 Å². The highest BCUT2D eigenvalue weighted by atomic mass is 16.5. The smallest absolute Gasteiger partial charge is 0.307 e. The summed E-state index contributed by atoms with van der Waals surface area (Å²) in [7, 11) is 0. The number of carbonyl (C=O) groups excluding carboxylic acids is 2. The van der Waals surface area contributed by atoms with Gasteiger partial charge >= 0.3 is 11.9 Å². The fourth-order valence-corrected chi connectivity index (χ4v) is 4.58. The van der Waals surface area contributed by atoms with Crippen molar-refractivity contribution in [1.82, 2.24) is 9.80 Å². The van der Waals surface area contributed by atoms with Crippen LogP contribution in [0.2, 0.25) is 0 Å².